The summed E-state index contributed by atoms with van der Waals surface area (Å²) in [6.45, 7) is 5.79. The van der Waals surface area contributed by atoms with Crippen LogP contribution in [0.3, 0.4) is 0 Å². The number of hydrogen-bond acceptors (Lipinski definition) is 7. The van der Waals surface area contributed by atoms with Gasteiger partial charge < -0.3 is 24.4 Å². The molecule has 7 heteroatoms. The second-order valence-corrected chi connectivity index (χ2v) is 8.94. The minimum Gasteiger partial charge on any atom is -0.493 e. The fraction of sp³-hybridized carbons (Fsp3) is 0.407. The SMILES string of the molecule is C#Cc1cccc(Nc2ncnc3cc(OC)c(OCCCN4CCC5COCC5C4)cc23)c1. The normalized spacial score (nSPS) is 20.0. The summed E-state index contributed by atoms with van der Waals surface area (Å²) < 4.78 is 17.4. The van der Waals surface area contributed by atoms with Crippen molar-refractivity contribution in [1.29, 1.82) is 0 Å². The van der Waals surface area contributed by atoms with E-state index in [0.717, 1.165) is 67.3 Å². The molecule has 0 saturated carbocycles. The predicted octanol–water partition coefficient (Wildman–Crippen LogP) is 4.10. The Labute approximate surface area is 200 Å². The highest BCUT2D eigenvalue weighted by atomic mass is 16.5. The molecule has 0 amide bonds. The molecule has 2 aromatic carbocycles. The molecular weight excluding hydrogens is 428 g/mol. The fourth-order valence-electron chi connectivity index (χ4n) is 4.87. The van der Waals surface area contributed by atoms with Crippen LogP contribution in [-0.2, 0) is 4.74 Å². The van der Waals surface area contributed by atoms with Crippen molar-refractivity contribution < 1.29 is 14.2 Å². The summed E-state index contributed by atoms with van der Waals surface area (Å²) in [5.41, 5.74) is 2.44. The van der Waals surface area contributed by atoms with Gasteiger partial charge >= 0.3 is 0 Å². The third-order valence-electron chi connectivity index (χ3n) is 6.73. The number of methoxy groups -OCH3 is 1. The van der Waals surface area contributed by atoms with Crippen molar-refractivity contribution in [2.24, 2.45) is 11.8 Å². The largest absolute Gasteiger partial charge is 0.493 e. The Kier molecular flexibility index (Phi) is 6.79. The van der Waals surface area contributed by atoms with E-state index in [9.17, 15) is 0 Å². The number of anilines is 2. The first-order valence-corrected chi connectivity index (χ1v) is 11.8. The van der Waals surface area contributed by atoms with Crippen molar-refractivity contribution in [3.05, 3.63) is 48.3 Å². The Morgan fingerprint density at radius 3 is 2.97 bits per heavy atom. The van der Waals surface area contributed by atoms with E-state index in [4.69, 9.17) is 20.6 Å². The molecule has 3 aromatic rings. The van der Waals surface area contributed by atoms with Gasteiger partial charge in [-0.05, 0) is 49.6 Å². The molecule has 2 atom stereocenters. The van der Waals surface area contributed by atoms with Gasteiger partial charge in [0.2, 0.25) is 0 Å². The molecule has 2 aliphatic heterocycles. The first-order chi connectivity index (χ1) is 16.7. The Morgan fingerprint density at radius 2 is 2.09 bits per heavy atom. The number of fused-ring (bicyclic) bond motifs is 2. The molecule has 34 heavy (non-hydrogen) atoms. The molecule has 2 fully saturated rings. The van der Waals surface area contributed by atoms with Crippen LogP contribution in [0.5, 0.6) is 11.5 Å². The number of rotatable bonds is 8. The Bertz CT molecular complexity index is 1190. The van der Waals surface area contributed by atoms with E-state index in [0.29, 0.717) is 29.8 Å². The van der Waals surface area contributed by atoms with E-state index in [1.54, 1.807) is 7.11 Å². The van der Waals surface area contributed by atoms with E-state index in [2.05, 4.69) is 26.1 Å². The van der Waals surface area contributed by atoms with Crippen molar-refractivity contribution in [3.8, 4) is 23.8 Å². The maximum atomic E-state index is 6.17. The van der Waals surface area contributed by atoms with Gasteiger partial charge in [-0.2, -0.15) is 0 Å². The van der Waals surface area contributed by atoms with Gasteiger partial charge in [0.1, 0.15) is 12.1 Å². The first-order valence-electron chi connectivity index (χ1n) is 11.8. The number of likely N-dealkylation sites (tertiary alicyclic amines) is 1. The van der Waals surface area contributed by atoms with Crippen molar-refractivity contribution in [3.63, 3.8) is 0 Å². The Balaban J connectivity index is 1.27. The molecule has 0 bridgehead atoms. The van der Waals surface area contributed by atoms with Crippen LogP contribution in [0.15, 0.2) is 42.7 Å². The third-order valence-corrected chi connectivity index (χ3v) is 6.73. The molecule has 5 rings (SSSR count). The maximum Gasteiger partial charge on any atom is 0.162 e. The molecule has 2 saturated heterocycles. The fourth-order valence-corrected chi connectivity index (χ4v) is 4.87. The van der Waals surface area contributed by atoms with Gasteiger partial charge in [-0.3, -0.25) is 0 Å². The van der Waals surface area contributed by atoms with Gasteiger partial charge in [-0.25, -0.2) is 9.97 Å². The smallest absolute Gasteiger partial charge is 0.162 e. The minimum atomic E-state index is 0.615. The number of aromatic nitrogens is 2. The second-order valence-electron chi connectivity index (χ2n) is 8.94. The monoisotopic (exact) mass is 458 g/mol. The lowest BCUT2D eigenvalue weighted by Crippen LogP contribution is -2.40. The zero-order valence-corrected chi connectivity index (χ0v) is 19.5. The van der Waals surface area contributed by atoms with Crippen LogP contribution in [0.4, 0.5) is 11.5 Å². The molecule has 0 radical (unpaired) electrons. The summed E-state index contributed by atoms with van der Waals surface area (Å²) in [4.78, 5) is 11.4. The minimum absolute atomic E-state index is 0.615. The van der Waals surface area contributed by atoms with Crippen LogP contribution in [-0.4, -0.2) is 61.4 Å². The Morgan fingerprint density at radius 1 is 1.18 bits per heavy atom. The van der Waals surface area contributed by atoms with Gasteiger partial charge in [0.15, 0.2) is 11.5 Å². The van der Waals surface area contributed by atoms with Gasteiger partial charge in [-0.15, -0.1) is 6.42 Å². The van der Waals surface area contributed by atoms with Crippen molar-refractivity contribution in [2.75, 3.05) is 51.9 Å². The highest BCUT2D eigenvalue weighted by Crippen LogP contribution is 2.35. The summed E-state index contributed by atoms with van der Waals surface area (Å²) >= 11 is 0. The van der Waals surface area contributed by atoms with E-state index in [-0.39, 0.29) is 0 Å². The molecular formula is C27H30N4O3. The molecule has 7 nitrogen and oxygen atoms in total. The topological polar surface area (TPSA) is 68.7 Å². The number of nitrogens with zero attached hydrogens (tertiary/aromatic N) is 3. The quantitative estimate of drug-likeness (QED) is 0.403. The zero-order valence-electron chi connectivity index (χ0n) is 19.5. The van der Waals surface area contributed by atoms with E-state index in [1.165, 1.54) is 12.7 Å². The van der Waals surface area contributed by atoms with E-state index < -0.39 is 0 Å². The molecule has 0 aliphatic carbocycles. The van der Waals surface area contributed by atoms with Crippen LogP contribution in [0, 0.1) is 24.2 Å². The molecule has 2 aliphatic rings. The van der Waals surface area contributed by atoms with Crippen molar-refractivity contribution in [1.82, 2.24) is 14.9 Å². The number of benzene rings is 2. The lowest BCUT2D eigenvalue weighted by atomic mass is 9.89. The lowest BCUT2D eigenvalue weighted by Gasteiger charge is -2.33. The number of terminal acetylenes is 1. The molecule has 0 spiro atoms. The molecule has 1 aromatic heterocycles. The number of nitrogens with one attached hydrogen (secondary N) is 1. The summed E-state index contributed by atoms with van der Waals surface area (Å²) in [5.74, 6) is 6.15. The van der Waals surface area contributed by atoms with Gasteiger partial charge in [0, 0.05) is 48.3 Å². The van der Waals surface area contributed by atoms with Crippen LogP contribution in [0.25, 0.3) is 10.9 Å². The molecule has 176 valence electrons. The summed E-state index contributed by atoms with van der Waals surface area (Å²) in [6.07, 6.45) is 9.27. The summed E-state index contributed by atoms with van der Waals surface area (Å²) in [5, 5.41) is 4.21. The highest BCUT2D eigenvalue weighted by Gasteiger charge is 2.33. The third kappa shape index (κ3) is 4.93. The average molecular weight is 459 g/mol. The predicted molar refractivity (Wildman–Crippen MR) is 133 cm³/mol. The average Bonchev–Trinajstić information content (AvgIpc) is 3.34. The van der Waals surface area contributed by atoms with Crippen LogP contribution in [0.1, 0.15) is 18.4 Å². The van der Waals surface area contributed by atoms with Gasteiger partial charge in [-0.1, -0.05) is 12.0 Å². The van der Waals surface area contributed by atoms with E-state index in [1.807, 2.05) is 36.4 Å². The van der Waals surface area contributed by atoms with Crippen LogP contribution in [0.2, 0.25) is 0 Å². The number of ether oxygens (including phenoxy) is 3. The molecule has 1 N–H and O–H groups in total. The second kappa shape index (κ2) is 10.3. The maximum absolute atomic E-state index is 6.17. The number of piperidine rings is 1. The van der Waals surface area contributed by atoms with Gasteiger partial charge in [0.25, 0.3) is 0 Å². The van der Waals surface area contributed by atoms with Gasteiger partial charge in [0.05, 0.1) is 25.8 Å². The van der Waals surface area contributed by atoms with Crippen LogP contribution >= 0.6 is 0 Å². The first kappa shape index (κ1) is 22.5. The lowest BCUT2D eigenvalue weighted by molar-refractivity contribution is 0.138. The molecule has 2 unspecified atom stereocenters. The van der Waals surface area contributed by atoms with Crippen LogP contribution < -0.4 is 14.8 Å². The van der Waals surface area contributed by atoms with E-state index >= 15 is 0 Å². The highest BCUT2D eigenvalue weighted by molar-refractivity contribution is 5.93. The Hall–Kier alpha value is -3.34. The summed E-state index contributed by atoms with van der Waals surface area (Å²) in [7, 11) is 1.65. The van der Waals surface area contributed by atoms with Crippen molar-refractivity contribution >= 4 is 22.4 Å². The molecule has 3 heterocycles. The van der Waals surface area contributed by atoms with Crippen molar-refractivity contribution in [2.45, 2.75) is 12.8 Å². The number of hydrogen-bond donors (Lipinski definition) is 1. The summed E-state index contributed by atoms with van der Waals surface area (Å²) in [6, 6.07) is 11.5. The standard InChI is InChI=1S/C27H30N4O3/c1-3-19-6-4-7-22(12-19)30-27-23-13-26(25(32-2)14-24(23)28-18-29-27)34-11-5-9-31-10-8-20-16-33-17-21(20)15-31/h1,4,6-7,12-14,18,20-21H,5,8-11,15-17H2,2H3,(H,28,29,30). The zero-order chi connectivity index (χ0) is 23.3.